The molecule has 6 heteroatoms. The number of benzene rings is 1. The van der Waals surface area contributed by atoms with E-state index in [0.29, 0.717) is 22.3 Å². The van der Waals surface area contributed by atoms with Gasteiger partial charge in [0.1, 0.15) is 12.2 Å². The van der Waals surface area contributed by atoms with Gasteiger partial charge in [0.05, 0.1) is 21.4 Å². The summed E-state index contributed by atoms with van der Waals surface area (Å²) in [6.07, 6.45) is 1.51. The standard InChI is InChI=1S/C14H20N4OS/c1-10(2)7-18-14(16-9-17-18)8-20(19)13-6-11(3)4-5-12(13)15/h4-6,9-10H,7-8,15H2,1-3H3. The van der Waals surface area contributed by atoms with Crippen molar-refractivity contribution in [2.75, 3.05) is 5.73 Å². The van der Waals surface area contributed by atoms with Crippen molar-refractivity contribution in [1.82, 2.24) is 14.8 Å². The molecule has 0 bridgehead atoms. The van der Waals surface area contributed by atoms with Gasteiger partial charge in [0, 0.05) is 12.2 Å². The third kappa shape index (κ3) is 3.45. The highest BCUT2D eigenvalue weighted by Crippen LogP contribution is 2.20. The molecule has 0 amide bonds. The zero-order valence-corrected chi connectivity index (χ0v) is 12.9. The average molecular weight is 292 g/mol. The molecular formula is C14H20N4OS. The second-order valence-corrected chi connectivity index (χ2v) is 6.70. The monoisotopic (exact) mass is 292 g/mol. The van der Waals surface area contributed by atoms with Gasteiger partial charge in [-0.1, -0.05) is 19.9 Å². The predicted octanol–water partition coefficient (Wildman–Crippen LogP) is 2.13. The lowest BCUT2D eigenvalue weighted by atomic mass is 10.2. The van der Waals surface area contributed by atoms with Gasteiger partial charge in [-0.2, -0.15) is 5.10 Å². The van der Waals surface area contributed by atoms with E-state index in [1.807, 2.05) is 23.7 Å². The van der Waals surface area contributed by atoms with Gasteiger partial charge in [-0.3, -0.25) is 4.21 Å². The molecule has 0 saturated carbocycles. The molecule has 0 spiro atoms. The van der Waals surface area contributed by atoms with Crippen LogP contribution in [0.2, 0.25) is 0 Å². The zero-order valence-electron chi connectivity index (χ0n) is 12.0. The van der Waals surface area contributed by atoms with Crippen LogP contribution < -0.4 is 5.73 Å². The second-order valence-electron chi connectivity index (χ2n) is 5.28. The van der Waals surface area contributed by atoms with Crippen molar-refractivity contribution in [3.05, 3.63) is 35.9 Å². The summed E-state index contributed by atoms with van der Waals surface area (Å²) in [7, 11) is -1.21. The summed E-state index contributed by atoms with van der Waals surface area (Å²) < 4.78 is 14.3. The van der Waals surface area contributed by atoms with E-state index in [9.17, 15) is 4.21 Å². The smallest absolute Gasteiger partial charge is 0.139 e. The average Bonchev–Trinajstić information content (AvgIpc) is 2.78. The van der Waals surface area contributed by atoms with Gasteiger partial charge in [0.2, 0.25) is 0 Å². The van der Waals surface area contributed by atoms with E-state index in [1.165, 1.54) is 6.33 Å². The van der Waals surface area contributed by atoms with Crippen LogP contribution in [-0.4, -0.2) is 19.0 Å². The lowest BCUT2D eigenvalue weighted by Crippen LogP contribution is -2.12. The minimum Gasteiger partial charge on any atom is -0.398 e. The van der Waals surface area contributed by atoms with E-state index >= 15 is 0 Å². The van der Waals surface area contributed by atoms with Crippen LogP contribution in [-0.2, 0) is 23.1 Å². The third-order valence-corrected chi connectivity index (χ3v) is 4.27. The molecule has 2 aromatic rings. The molecular weight excluding hydrogens is 272 g/mol. The number of aromatic nitrogens is 3. The summed E-state index contributed by atoms with van der Waals surface area (Å²) in [5.41, 5.74) is 7.51. The lowest BCUT2D eigenvalue weighted by molar-refractivity contribution is 0.471. The van der Waals surface area contributed by atoms with Crippen molar-refractivity contribution in [3.63, 3.8) is 0 Å². The fourth-order valence-corrected chi connectivity index (χ4v) is 3.19. The molecule has 2 rings (SSSR count). The van der Waals surface area contributed by atoms with Gasteiger partial charge in [-0.25, -0.2) is 9.67 Å². The Hall–Kier alpha value is -1.69. The Bertz CT molecular complexity index is 621. The van der Waals surface area contributed by atoms with Crippen molar-refractivity contribution in [3.8, 4) is 0 Å². The summed E-state index contributed by atoms with van der Waals surface area (Å²) in [4.78, 5) is 4.88. The van der Waals surface area contributed by atoms with Crippen molar-refractivity contribution in [2.45, 2.75) is 38.0 Å². The highest BCUT2D eigenvalue weighted by Gasteiger charge is 2.14. The molecule has 0 fully saturated rings. The number of nitrogens with two attached hydrogens (primary N) is 1. The number of anilines is 1. The molecule has 2 N–H and O–H groups in total. The van der Waals surface area contributed by atoms with Crippen LogP contribution >= 0.6 is 0 Å². The van der Waals surface area contributed by atoms with Crippen molar-refractivity contribution in [2.24, 2.45) is 5.92 Å². The molecule has 108 valence electrons. The van der Waals surface area contributed by atoms with Crippen LogP contribution in [0.4, 0.5) is 5.69 Å². The summed E-state index contributed by atoms with van der Waals surface area (Å²) in [5.74, 6) is 1.53. The fourth-order valence-electron chi connectivity index (χ4n) is 1.93. The molecule has 1 atom stereocenters. The van der Waals surface area contributed by atoms with Crippen molar-refractivity contribution >= 4 is 16.5 Å². The normalized spacial score (nSPS) is 12.8. The van der Waals surface area contributed by atoms with Gasteiger partial charge in [-0.05, 0) is 30.5 Å². The topological polar surface area (TPSA) is 73.8 Å². The Morgan fingerprint density at radius 2 is 2.15 bits per heavy atom. The Kier molecular flexibility index (Phi) is 4.54. The third-order valence-electron chi connectivity index (χ3n) is 2.91. The SMILES string of the molecule is Cc1ccc(N)c(S(=O)Cc2ncnn2CC(C)C)c1. The number of aryl methyl sites for hydroxylation is 1. The van der Waals surface area contributed by atoms with E-state index in [0.717, 1.165) is 17.9 Å². The van der Waals surface area contributed by atoms with Crippen LogP contribution in [0.1, 0.15) is 25.2 Å². The van der Waals surface area contributed by atoms with Crippen LogP contribution in [0, 0.1) is 12.8 Å². The predicted molar refractivity (Wildman–Crippen MR) is 80.6 cm³/mol. The molecule has 0 aliphatic heterocycles. The van der Waals surface area contributed by atoms with Crippen LogP contribution in [0.3, 0.4) is 0 Å². The molecule has 0 saturated heterocycles. The molecule has 20 heavy (non-hydrogen) atoms. The van der Waals surface area contributed by atoms with Crippen molar-refractivity contribution in [1.29, 1.82) is 0 Å². The summed E-state index contributed by atoms with van der Waals surface area (Å²) >= 11 is 0. The number of rotatable bonds is 5. The van der Waals surface area contributed by atoms with Gasteiger partial charge in [0.15, 0.2) is 0 Å². The summed E-state index contributed by atoms with van der Waals surface area (Å²) in [6, 6.07) is 5.58. The first kappa shape index (κ1) is 14.7. The van der Waals surface area contributed by atoms with Crippen LogP contribution in [0.15, 0.2) is 29.4 Å². The van der Waals surface area contributed by atoms with Gasteiger partial charge >= 0.3 is 0 Å². The van der Waals surface area contributed by atoms with E-state index in [4.69, 9.17) is 5.73 Å². The number of hydrogen-bond donors (Lipinski definition) is 1. The second kappa shape index (κ2) is 6.17. The largest absolute Gasteiger partial charge is 0.398 e. The highest BCUT2D eigenvalue weighted by molar-refractivity contribution is 7.84. The van der Waals surface area contributed by atoms with Gasteiger partial charge in [0.25, 0.3) is 0 Å². The molecule has 1 aromatic carbocycles. The highest BCUT2D eigenvalue weighted by atomic mass is 32.2. The van der Waals surface area contributed by atoms with E-state index in [1.54, 1.807) is 6.07 Å². The van der Waals surface area contributed by atoms with E-state index < -0.39 is 10.8 Å². The Morgan fingerprint density at radius 3 is 2.85 bits per heavy atom. The number of nitrogens with zero attached hydrogens (tertiary/aromatic N) is 3. The summed E-state index contributed by atoms with van der Waals surface area (Å²) in [6.45, 7) is 6.96. The molecule has 0 aliphatic carbocycles. The first-order valence-electron chi connectivity index (χ1n) is 6.58. The molecule has 1 unspecified atom stereocenters. The zero-order chi connectivity index (χ0) is 14.7. The molecule has 0 aliphatic rings. The van der Waals surface area contributed by atoms with Crippen molar-refractivity contribution < 1.29 is 4.21 Å². The molecule has 5 nitrogen and oxygen atoms in total. The number of hydrogen-bond acceptors (Lipinski definition) is 4. The summed E-state index contributed by atoms with van der Waals surface area (Å²) in [5, 5.41) is 4.18. The van der Waals surface area contributed by atoms with Crippen LogP contribution in [0.25, 0.3) is 0 Å². The van der Waals surface area contributed by atoms with Gasteiger partial charge < -0.3 is 5.73 Å². The van der Waals surface area contributed by atoms with E-state index in [2.05, 4.69) is 23.9 Å². The maximum absolute atomic E-state index is 12.5. The Balaban J connectivity index is 2.20. The first-order chi connectivity index (χ1) is 9.47. The van der Waals surface area contributed by atoms with E-state index in [-0.39, 0.29) is 0 Å². The molecule has 1 heterocycles. The van der Waals surface area contributed by atoms with Gasteiger partial charge in [-0.15, -0.1) is 0 Å². The maximum Gasteiger partial charge on any atom is 0.139 e. The lowest BCUT2D eigenvalue weighted by Gasteiger charge is -2.10. The number of nitrogen functional groups attached to an aromatic ring is 1. The first-order valence-corrected chi connectivity index (χ1v) is 7.90. The Morgan fingerprint density at radius 1 is 1.40 bits per heavy atom. The minimum atomic E-state index is -1.21. The molecule has 1 aromatic heterocycles. The fraction of sp³-hybridized carbons (Fsp3) is 0.429. The minimum absolute atomic E-state index is 0.334. The Labute approximate surface area is 121 Å². The molecule has 0 radical (unpaired) electrons. The maximum atomic E-state index is 12.5. The quantitative estimate of drug-likeness (QED) is 0.857. The van der Waals surface area contributed by atoms with Crippen LogP contribution in [0.5, 0.6) is 0 Å².